The highest BCUT2D eigenvalue weighted by Crippen LogP contribution is 2.29. The van der Waals surface area contributed by atoms with Crippen molar-refractivity contribution < 1.29 is 0 Å². The van der Waals surface area contributed by atoms with E-state index in [9.17, 15) is 0 Å². The van der Waals surface area contributed by atoms with Crippen LogP contribution in [0.1, 0.15) is 5.56 Å². The zero-order chi connectivity index (χ0) is 10.5. The first-order valence-electron chi connectivity index (χ1n) is 4.53. The Kier molecular flexibility index (Phi) is 3.06. The zero-order valence-corrected chi connectivity index (χ0v) is 8.79. The van der Waals surface area contributed by atoms with Gasteiger partial charge in [-0.05, 0) is 30.3 Å². The third-order valence-corrected chi connectivity index (χ3v) is 3.00. The van der Waals surface area contributed by atoms with Crippen LogP contribution in [0.3, 0.4) is 0 Å². The molecule has 0 aromatic heterocycles. The first kappa shape index (κ1) is 9.82. The fraction of sp³-hybridized carbons (Fsp3) is 0. The average molecular weight is 210 g/mol. The highest BCUT2D eigenvalue weighted by molar-refractivity contribution is 7.99. The molecule has 0 bridgehead atoms. The van der Waals surface area contributed by atoms with Crippen molar-refractivity contribution in [3.05, 3.63) is 60.2 Å². The van der Waals surface area contributed by atoms with Crippen LogP contribution in [0.5, 0.6) is 0 Å². The van der Waals surface area contributed by atoms with Crippen molar-refractivity contribution >= 4 is 11.8 Å². The molecule has 1 radical (unpaired) electrons. The van der Waals surface area contributed by atoms with E-state index in [1.165, 1.54) is 0 Å². The van der Waals surface area contributed by atoms with E-state index in [-0.39, 0.29) is 0 Å². The summed E-state index contributed by atoms with van der Waals surface area (Å²) in [7, 11) is 0. The SMILES string of the molecule is N#Cc1c[c]ccc1Sc1ccccc1. The van der Waals surface area contributed by atoms with Gasteiger partial charge in [0.1, 0.15) is 6.07 Å². The van der Waals surface area contributed by atoms with E-state index in [0.29, 0.717) is 5.56 Å². The maximum atomic E-state index is 8.91. The minimum Gasteiger partial charge on any atom is -0.192 e. The van der Waals surface area contributed by atoms with E-state index in [4.69, 9.17) is 5.26 Å². The van der Waals surface area contributed by atoms with E-state index < -0.39 is 0 Å². The smallest absolute Gasteiger partial charge is 0.100 e. The van der Waals surface area contributed by atoms with Gasteiger partial charge in [-0.1, -0.05) is 36.0 Å². The molecule has 2 rings (SSSR count). The first-order chi connectivity index (χ1) is 7.40. The lowest BCUT2D eigenvalue weighted by Gasteiger charge is -2.02. The van der Waals surface area contributed by atoms with Gasteiger partial charge in [-0.25, -0.2) is 0 Å². The van der Waals surface area contributed by atoms with Crippen molar-refractivity contribution in [2.45, 2.75) is 9.79 Å². The Morgan fingerprint density at radius 2 is 1.93 bits per heavy atom. The van der Waals surface area contributed by atoms with Gasteiger partial charge in [-0.3, -0.25) is 0 Å². The maximum Gasteiger partial charge on any atom is 0.100 e. The third kappa shape index (κ3) is 2.39. The molecule has 0 spiro atoms. The van der Waals surface area contributed by atoms with Gasteiger partial charge in [0.25, 0.3) is 0 Å². The molecule has 1 nitrogen and oxygen atoms in total. The van der Waals surface area contributed by atoms with Crippen LogP contribution in [-0.4, -0.2) is 0 Å². The Bertz CT molecular complexity index is 485. The fourth-order valence-corrected chi connectivity index (χ4v) is 2.11. The highest BCUT2D eigenvalue weighted by atomic mass is 32.2. The van der Waals surface area contributed by atoms with E-state index in [0.717, 1.165) is 9.79 Å². The number of benzene rings is 2. The molecule has 0 fully saturated rings. The van der Waals surface area contributed by atoms with Gasteiger partial charge in [0.15, 0.2) is 0 Å². The molecule has 71 valence electrons. The molecule has 0 amide bonds. The van der Waals surface area contributed by atoms with Crippen LogP contribution in [0, 0.1) is 17.4 Å². The fourth-order valence-electron chi connectivity index (χ4n) is 1.21. The predicted molar refractivity (Wildman–Crippen MR) is 60.6 cm³/mol. The molecule has 2 heteroatoms. The molecular weight excluding hydrogens is 202 g/mol. The van der Waals surface area contributed by atoms with Gasteiger partial charge in [0, 0.05) is 9.79 Å². The molecule has 2 aromatic rings. The average Bonchev–Trinajstić information content (AvgIpc) is 2.31. The molecule has 15 heavy (non-hydrogen) atoms. The van der Waals surface area contributed by atoms with E-state index >= 15 is 0 Å². The summed E-state index contributed by atoms with van der Waals surface area (Å²) in [6, 6.07) is 20.5. The van der Waals surface area contributed by atoms with Crippen molar-refractivity contribution in [3.63, 3.8) is 0 Å². The zero-order valence-electron chi connectivity index (χ0n) is 7.97. The Morgan fingerprint density at radius 1 is 1.13 bits per heavy atom. The molecular formula is C13H8NS. The monoisotopic (exact) mass is 210 g/mol. The maximum absolute atomic E-state index is 8.91. The standard InChI is InChI=1S/C13H8NS/c14-10-11-6-4-5-9-13(11)15-12-7-2-1-3-8-12/h1-3,5-9H. The summed E-state index contributed by atoms with van der Waals surface area (Å²) in [6.07, 6.45) is 0. The predicted octanol–water partition coefficient (Wildman–Crippen LogP) is 3.51. The molecule has 0 unspecified atom stereocenters. The quantitative estimate of drug-likeness (QED) is 0.757. The molecule has 0 heterocycles. The molecule has 0 aliphatic rings. The molecule has 2 aromatic carbocycles. The van der Waals surface area contributed by atoms with Crippen LogP contribution in [-0.2, 0) is 0 Å². The van der Waals surface area contributed by atoms with Crippen LogP contribution in [0.15, 0.2) is 58.3 Å². The van der Waals surface area contributed by atoms with E-state index in [1.54, 1.807) is 17.8 Å². The van der Waals surface area contributed by atoms with Crippen LogP contribution in [0.4, 0.5) is 0 Å². The van der Waals surface area contributed by atoms with Gasteiger partial charge in [0.05, 0.1) is 5.56 Å². The topological polar surface area (TPSA) is 23.8 Å². The lowest BCUT2D eigenvalue weighted by atomic mass is 10.2. The number of hydrogen-bond donors (Lipinski definition) is 0. The normalized spacial score (nSPS) is 9.53. The van der Waals surface area contributed by atoms with Gasteiger partial charge in [-0.15, -0.1) is 0 Å². The summed E-state index contributed by atoms with van der Waals surface area (Å²) in [5.41, 5.74) is 0.673. The van der Waals surface area contributed by atoms with Crippen LogP contribution in [0.2, 0.25) is 0 Å². The summed E-state index contributed by atoms with van der Waals surface area (Å²) in [4.78, 5) is 2.11. The molecule has 0 atom stereocenters. The van der Waals surface area contributed by atoms with Gasteiger partial charge in [-0.2, -0.15) is 5.26 Å². The Morgan fingerprint density at radius 3 is 2.67 bits per heavy atom. The minimum atomic E-state index is 0.673. The molecule has 0 saturated heterocycles. The van der Waals surface area contributed by atoms with Crippen LogP contribution in [0.25, 0.3) is 0 Å². The lowest BCUT2D eigenvalue weighted by molar-refractivity contribution is 1.35. The molecule has 0 aliphatic carbocycles. The molecule has 0 N–H and O–H groups in total. The molecule has 0 aliphatic heterocycles. The van der Waals surface area contributed by atoms with Crippen molar-refractivity contribution in [2.24, 2.45) is 0 Å². The first-order valence-corrected chi connectivity index (χ1v) is 5.35. The summed E-state index contributed by atoms with van der Waals surface area (Å²) >= 11 is 1.60. The molecule has 0 saturated carbocycles. The number of rotatable bonds is 2. The highest BCUT2D eigenvalue weighted by Gasteiger charge is 2.01. The third-order valence-electron chi connectivity index (χ3n) is 1.92. The second-order valence-electron chi connectivity index (χ2n) is 2.95. The van der Waals surface area contributed by atoms with Gasteiger partial charge < -0.3 is 0 Å². The van der Waals surface area contributed by atoms with Gasteiger partial charge >= 0.3 is 0 Å². The van der Waals surface area contributed by atoms with Crippen LogP contribution < -0.4 is 0 Å². The Hall–Kier alpha value is -1.72. The Balaban J connectivity index is 2.29. The van der Waals surface area contributed by atoms with Gasteiger partial charge in [0.2, 0.25) is 0 Å². The summed E-state index contributed by atoms with van der Waals surface area (Å²) in [5.74, 6) is 0. The second kappa shape index (κ2) is 4.68. The largest absolute Gasteiger partial charge is 0.192 e. The van der Waals surface area contributed by atoms with Crippen molar-refractivity contribution in [1.82, 2.24) is 0 Å². The second-order valence-corrected chi connectivity index (χ2v) is 4.06. The van der Waals surface area contributed by atoms with Crippen LogP contribution >= 0.6 is 11.8 Å². The van der Waals surface area contributed by atoms with E-state index in [2.05, 4.69) is 12.1 Å². The summed E-state index contributed by atoms with van der Waals surface area (Å²) < 4.78 is 0. The number of hydrogen-bond acceptors (Lipinski definition) is 2. The number of nitriles is 1. The Labute approximate surface area is 93.4 Å². The minimum absolute atomic E-state index is 0.673. The number of nitrogens with zero attached hydrogens (tertiary/aromatic N) is 1. The van der Waals surface area contributed by atoms with Crippen molar-refractivity contribution in [2.75, 3.05) is 0 Å². The van der Waals surface area contributed by atoms with Crippen molar-refractivity contribution in [1.29, 1.82) is 5.26 Å². The van der Waals surface area contributed by atoms with E-state index in [1.807, 2.05) is 42.5 Å². The summed E-state index contributed by atoms with van der Waals surface area (Å²) in [6.45, 7) is 0. The van der Waals surface area contributed by atoms with Crippen molar-refractivity contribution in [3.8, 4) is 6.07 Å². The summed E-state index contributed by atoms with van der Waals surface area (Å²) in [5, 5.41) is 8.91. The lowest BCUT2D eigenvalue weighted by Crippen LogP contribution is -1.79.